The zero-order valence-electron chi connectivity index (χ0n) is 14.0. The van der Waals surface area contributed by atoms with Crippen LogP contribution in [0.5, 0.6) is 5.75 Å². The molecule has 0 aliphatic rings. The maximum atomic E-state index is 13.0. The topological polar surface area (TPSA) is 94.3 Å². The smallest absolute Gasteiger partial charge is 0.245 e. The van der Waals surface area contributed by atoms with Crippen molar-refractivity contribution < 1.29 is 17.6 Å². The third-order valence-corrected chi connectivity index (χ3v) is 5.29. The highest BCUT2D eigenvalue weighted by molar-refractivity contribution is 7.89. The molecule has 0 saturated heterocycles. The van der Waals surface area contributed by atoms with Crippen molar-refractivity contribution in [3.63, 3.8) is 0 Å². The first-order valence-electron chi connectivity index (χ1n) is 7.61. The van der Waals surface area contributed by atoms with Crippen molar-refractivity contribution in [2.75, 3.05) is 7.11 Å². The van der Waals surface area contributed by atoms with E-state index in [1.807, 2.05) is 6.07 Å². The predicted molar refractivity (Wildman–Crippen MR) is 95.6 cm³/mol. The summed E-state index contributed by atoms with van der Waals surface area (Å²) in [4.78, 5) is -0.0790. The van der Waals surface area contributed by atoms with Gasteiger partial charge in [0, 0.05) is 11.9 Å². The fourth-order valence-corrected chi connectivity index (χ4v) is 4.02. The van der Waals surface area contributed by atoms with Crippen molar-refractivity contribution >= 4 is 21.6 Å². The van der Waals surface area contributed by atoms with E-state index in [1.165, 1.54) is 19.2 Å². The molecule has 3 aromatic rings. The molecule has 1 aromatic heterocycles. The minimum Gasteiger partial charge on any atom is -0.495 e. The van der Waals surface area contributed by atoms with Gasteiger partial charge in [0.05, 0.1) is 7.11 Å². The van der Waals surface area contributed by atoms with Crippen LogP contribution in [-0.2, 0) is 10.0 Å². The third kappa shape index (κ3) is 3.87. The van der Waals surface area contributed by atoms with Gasteiger partial charge in [-0.2, -0.15) is 4.72 Å². The Kier molecular flexibility index (Phi) is 5.26. The fourth-order valence-electron chi connectivity index (χ4n) is 2.41. The normalized spacial score (nSPS) is 12.7. The van der Waals surface area contributed by atoms with Gasteiger partial charge in [0.15, 0.2) is 0 Å². The fraction of sp³-hybridized carbons (Fsp3) is 0.176. The zero-order chi connectivity index (χ0) is 18.7. The average Bonchev–Trinajstić information content (AvgIpc) is 3.06. The molecule has 9 heteroatoms. The van der Waals surface area contributed by atoms with Crippen LogP contribution < -0.4 is 9.46 Å². The number of ether oxygens (including phenoxy) is 1. The van der Waals surface area contributed by atoms with E-state index in [9.17, 15) is 8.42 Å². The molecule has 0 spiro atoms. The van der Waals surface area contributed by atoms with Gasteiger partial charge in [-0.25, -0.2) is 8.42 Å². The quantitative estimate of drug-likeness (QED) is 0.691. The number of aryl methyl sites for hydroxylation is 1. The van der Waals surface area contributed by atoms with Crippen molar-refractivity contribution in [1.82, 2.24) is 14.9 Å². The summed E-state index contributed by atoms with van der Waals surface area (Å²) in [5.41, 5.74) is 0.653. The lowest BCUT2D eigenvalue weighted by molar-refractivity contribution is 0.401. The summed E-state index contributed by atoms with van der Waals surface area (Å²) in [6, 6.07) is 12.5. The van der Waals surface area contributed by atoms with E-state index in [1.54, 1.807) is 37.3 Å². The van der Waals surface area contributed by atoms with E-state index in [0.717, 1.165) is 0 Å². The van der Waals surface area contributed by atoms with Crippen molar-refractivity contribution in [2.24, 2.45) is 0 Å². The molecule has 0 fully saturated rings. The molecular formula is C17H16ClN3O4S. The number of methoxy groups -OCH3 is 1. The van der Waals surface area contributed by atoms with Crippen LogP contribution in [0.3, 0.4) is 0 Å². The molecule has 0 radical (unpaired) electrons. The standard InChI is InChI=1S/C17H16ClN3O4S/c1-11-19-20-17(25-11)16(12-6-4-3-5-7-12)21-26(22,23)15-10-13(18)8-9-14(15)24-2/h3-10,16,21H,1-2H3. The molecule has 136 valence electrons. The van der Waals surface area contributed by atoms with Crippen LogP contribution in [0.25, 0.3) is 0 Å². The van der Waals surface area contributed by atoms with Crippen LogP contribution in [0.1, 0.15) is 23.4 Å². The summed E-state index contributed by atoms with van der Waals surface area (Å²) in [6.07, 6.45) is 0. The van der Waals surface area contributed by atoms with E-state index in [4.69, 9.17) is 20.8 Å². The molecule has 0 aliphatic carbocycles. The van der Waals surface area contributed by atoms with Crippen molar-refractivity contribution in [2.45, 2.75) is 17.9 Å². The Hall–Kier alpha value is -2.42. The van der Waals surface area contributed by atoms with Gasteiger partial charge in [-0.1, -0.05) is 41.9 Å². The van der Waals surface area contributed by atoms with Crippen LogP contribution in [0.2, 0.25) is 5.02 Å². The first-order valence-corrected chi connectivity index (χ1v) is 9.47. The Labute approximate surface area is 156 Å². The summed E-state index contributed by atoms with van der Waals surface area (Å²) in [7, 11) is -2.61. The molecule has 0 aliphatic heterocycles. The molecule has 7 nitrogen and oxygen atoms in total. The predicted octanol–water partition coefficient (Wildman–Crippen LogP) is 3.11. The number of aromatic nitrogens is 2. The van der Waals surface area contributed by atoms with Crippen LogP contribution in [0, 0.1) is 6.92 Å². The van der Waals surface area contributed by atoms with Gasteiger partial charge < -0.3 is 9.15 Å². The average molecular weight is 394 g/mol. The molecular weight excluding hydrogens is 378 g/mol. The summed E-state index contributed by atoms with van der Waals surface area (Å²) < 4.78 is 39.2. The highest BCUT2D eigenvalue weighted by Gasteiger charge is 2.29. The number of benzene rings is 2. The number of sulfonamides is 1. The van der Waals surface area contributed by atoms with E-state index < -0.39 is 16.1 Å². The maximum absolute atomic E-state index is 13.0. The first-order chi connectivity index (χ1) is 12.4. The molecule has 1 unspecified atom stereocenters. The van der Waals surface area contributed by atoms with Crippen LogP contribution in [0.4, 0.5) is 0 Å². The number of hydrogen-bond acceptors (Lipinski definition) is 6. The van der Waals surface area contributed by atoms with Crippen LogP contribution in [0.15, 0.2) is 57.8 Å². The second-order valence-electron chi connectivity index (χ2n) is 5.42. The van der Waals surface area contributed by atoms with E-state index in [0.29, 0.717) is 11.5 Å². The van der Waals surface area contributed by atoms with E-state index in [2.05, 4.69) is 14.9 Å². The molecule has 26 heavy (non-hydrogen) atoms. The van der Waals surface area contributed by atoms with Crippen molar-refractivity contribution in [1.29, 1.82) is 0 Å². The largest absolute Gasteiger partial charge is 0.495 e. The van der Waals surface area contributed by atoms with Gasteiger partial charge in [0.1, 0.15) is 16.7 Å². The summed E-state index contributed by atoms with van der Waals surface area (Å²) in [5, 5.41) is 8.02. The second-order valence-corrected chi connectivity index (χ2v) is 7.54. The molecule has 1 heterocycles. The molecule has 0 saturated carbocycles. The Balaban J connectivity index is 2.05. The summed E-state index contributed by atoms with van der Waals surface area (Å²) >= 11 is 5.97. The van der Waals surface area contributed by atoms with E-state index >= 15 is 0 Å². The highest BCUT2D eigenvalue weighted by Crippen LogP contribution is 2.30. The van der Waals surface area contributed by atoms with E-state index in [-0.39, 0.29) is 21.6 Å². The number of rotatable bonds is 6. The molecule has 0 bridgehead atoms. The SMILES string of the molecule is COc1ccc(Cl)cc1S(=O)(=O)NC(c1ccccc1)c1nnc(C)o1. The van der Waals surface area contributed by atoms with Gasteiger partial charge in [-0.3, -0.25) is 0 Å². The maximum Gasteiger partial charge on any atom is 0.245 e. The number of hydrogen-bond donors (Lipinski definition) is 1. The third-order valence-electron chi connectivity index (χ3n) is 3.61. The second kappa shape index (κ2) is 7.45. The molecule has 1 atom stereocenters. The number of nitrogens with one attached hydrogen (secondary N) is 1. The first kappa shape index (κ1) is 18.4. The van der Waals surface area contributed by atoms with Crippen molar-refractivity contribution in [3.05, 3.63) is 70.9 Å². The van der Waals surface area contributed by atoms with Gasteiger partial charge in [0.25, 0.3) is 0 Å². The van der Waals surface area contributed by atoms with Gasteiger partial charge in [-0.15, -0.1) is 10.2 Å². The summed E-state index contributed by atoms with van der Waals surface area (Å²) in [6.45, 7) is 1.63. The molecule has 0 amide bonds. The Morgan fingerprint density at radius 1 is 1.15 bits per heavy atom. The Bertz CT molecular complexity index is 1010. The molecule has 2 aromatic carbocycles. The summed E-state index contributed by atoms with van der Waals surface area (Å²) in [5.74, 6) is 0.647. The zero-order valence-corrected chi connectivity index (χ0v) is 15.6. The van der Waals surface area contributed by atoms with Gasteiger partial charge in [0.2, 0.25) is 21.8 Å². The molecule has 3 rings (SSSR count). The molecule has 1 N–H and O–H groups in total. The van der Waals surface area contributed by atoms with Crippen molar-refractivity contribution in [3.8, 4) is 5.75 Å². The number of halogens is 1. The minimum atomic E-state index is -4.00. The monoisotopic (exact) mass is 393 g/mol. The Morgan fingerprint density at radius 2 is 1.88 bits per heavy atom. The number of nitrogens with zero attached hydrogens (tertiary/aromatic N) is 2. The van der Waals surface area contributed by atoms with Crippen LogP contribution >= 0.6 is 11.6 Å². The lowest BCUT2D eigenvalue weighted by atomic mass is 10.1. The van der Waals surface area contributed by atoms with Crippen LogP contribution in [-0.4, -0.2) is 25.7 Å². The van der Waals surface area contributed by atoms with Gasteiger partial charge in [-0.05, 0) is 23.8 Å². The lowest BCUT2D eigenvalue weighted by Gasteiger charge is -2.17. The Morgan fingerprint density at radius 3 is 2.50 bits per heavy atom. The van der Waals surface area contributed by atoms with Gasteiger partial charge >= 0.3 is 0 Å². The highest BCUT2D eigenvalue weighted by atomic mass is 35.5. The lowest BCUT2D eigenvalue weighted by Crippen LogP contribution is -2.30. The minimum absolute atomic E-state index is 0.0790.